The number of amides is 1. The highest BCUT2D eigenvalue weighted by molar-refractivity contribution is 5.82. The highest BCUT2D eigenvalue weighted by atomic mass is 16.2. The zero-order valence-corrected chi connectivity index (χ0v) is 9.15. The van der Waals surface area contributed by atoms with Gasteiger partial charge in [0.15, 0.2) is 0 Å². The number of carbonyl (C=O) groups is 1. The molecular formula is C13H16N2O. The summed E-state index contributed by atoms with van der Waals surface area (Å²) >= 11 is 0. The molecule has 0 spiro atoms. The van der Waals surface area contributed by atoms with Crippen LogP contribution in [-0.2, 0) is 4.79 Å². The molecule has 0 saturated heterocycles. The molecule has 16 heavy (non-hydrogen) atoms. The highest BCUT2D eigenvalue weighted by Gasteiger charge is 2.13. The van der Waals surface area contributed by atoms with E-state index in [0.717, 1.165) is 12.0 Å². The number of nitrogens with one attached hydrogen (secondary N) is 1. The molecule has 3 nitrogen and oxygen atoms in total. The van der Waals surface area contributed by atoms with Crippen LogP contribution in [0.2, 0.25) is 0 Å². The van der Waals surface area contributed by atoms with Crippen molar-refractivity contribution in [1.82, 2.24) is 5.32 Å². The molecule has 0 saturated carbocycles. The average Bonchev–Trinajstić information content (AvgIpc) is 2.34. The van der Waals surface area contributed by atoms with Gasteiger partial charge in [0.25, 0.3) is 0 Å². The Balaban J connectivity index is 2.40. The lowest BCUT2D eigenvalue weighted by atomic mass is 10.1. The van der Waals surface area contributed by atoms with E-state index in [0.29, 0.717) is 13.0 Å². The van der Waals surface area contributed by atoms with Crippen molar-refractivity contribution in [2.24, 2.45) is 5.73 Å². The SMILES string of the molecule is C#CCCCNC(=O)[C@H](N)c1ccccc1. The number of hydrogen-bond acceptors (Lipinski definition) is 2. The van der Waals surface area contributed by atoms with Gasteiger partial charge in [0, 0.05) is 13.0 Å². The first-order chi connectivity index (χ1) is 7.75. The van der Waals surface area contributed by atoms with Crippen LogP contribution in [0.1, 0.15) is 24.4 Å². The van der Waals surface area contributed by atoms with Gasteiger partial charge in [-0.25, -0.2) is 0 Å². The molecule has 0 aromatic heterocycles. The second-order valence-corrected chi connectivity index (χ2v) is 3.49. The monoisotopic (exact) mass is 216 g/mol. The maximum Gasteiger partial charge on any atom is 0.241 e. The first kappa shape index (κ1) is 12.3. The zero-order chi connectivity index (χ0) is 11.8. The third-order valence-electron chi connectivity index (χ3n) is 2.24. The lowest BCUT2D eigenvalue weighted by molar-refractivity contribution is -0.122. The molecule has 1 amide bonds. The molecule has 1 atom stereocenters. The molecule has 1 rings (SSSR count). The zero-order valence-electron chi connectivity index (χ0n) is 9.15. The molecule has 3 N–H and O–H groups in total. The van der Waals surface area contributed by atoms with E-state index in [-0.39, 0.29) is 5.91 Å². The van der Waals surface area contributed by atoms with E-state index in [4.69, 9.17) is 12.2 Å². The Hall–Kier alpha value is -1.79. The molecular weight excluding hydrogens is 200 g/mol. The first-order valence-electron chi connectivity index (χ1n) is 5.27. The van der Waals surface area contributed by atoms with Crippen LogP contribution >= 0.6 is 0 Å². The smallest absolute Gasteiger partial charge is 0.241 e. The van der Waals surface area contributed by atoms with Crippen molar-refractivity contribution < 1.29 is 4.79 Å². The van der Waals surface area contributed by atoms with Gasteiger partial charge >= 0.3 is 0 Å². The van der Waals surface area contributed by atoms with E-state index in [1.54, 1.807) is 0 Å². The minimum Gasteiger partial charge on any atom is -0.354 e. The molecule has 0 unspecified atom stereocenters. The van der Waals surface area contributed by atoms with E-state index in [2.05, 4.69) is 11.2 Å². The number of hydrogen-bond donors (Lipinski definition) is 2. The minimum atomic E-state index is -0.605. The largest absolute Gasteiger partial charge is 0.354 e. The van der Waals surface area contributed by atoms with Gasteiger partial charge in [-0.15, -0.1) is 12.3 Å². The third-order valence-corrected chi connectivity index (χ3v) is 2.24. The Morgan fingerprint density at radius 2 is 2.12 bits per heavy atom. The molecule has 0 heterocycles. The van der Waals surface area contributed by atoms with Crippen molar-refractivity contribution in [2.45, 2.75) is 18.9 Å². The second kappa shape index (κ2) is 6.65. The summed E-state index contributed by atoms with van der Waals surface area (Å²) in [6.07, 6.45) is 6.56. The maximum absolute atomic E-state index is 11.6. The second-order valence-electron chi connectivity index (χ2n) is 3.49. The van der Waals surface area contributed by atoms with Gasteiger partial charge in [-0.1, -0.05) is 30.3 Å². The normalized spacial score (nSPS) is 11.5. The van der Waals surface area contributed by atoms with E-state index in [9.17, 15) is 4.79 Å². The number of unbranched alkanes of at least 4 members (excludes halogenated alkanes) is 1. The van der Waals surface area contributed by atoms with Gasteiger partial charge in [-0.05, 0) is 12.0 Å². The van der Waals surface area contributed by atoms with Crippen molar-refractivity contribution in [1.29, 1.82) is 0 Å². The van der Waals surface area contributed by atoms with E-state index < -0.39 is 6.04 Å². The molecule has 3 heteroatoms. The standard InChI is InChI=1S/C13H16N2O/c1-2-3-7-10-15-13(16)12(14)11-8-5-4-6-9-11/h1,4-6,8-9,12H,3,7,10,14H2,(H,15,16)/t12-/m1/s1. The van der Waals surface area contributed by atoms with E-state index in [1.807, 2.05) is 30.3 Å². The van der Waals surface area contributed by atoms with Gasteiger partial charge in [0.2, 0.25) is 5.91 Å². The number of carbonyl (C=O) groups excluding carboxylic acids is 1. The van der Waals surface area contributed by atoms with Crippen molar-refractivity contribution in [3.8, 4) is 12.3 Å². The highest BCUT2D eigenvalue weighted by Crippen LogP contribution is 2.08. The molecule has 0 fully saturated rings. The summed E-state index contributed by atoms with van der Waals surface area (Å²) in [6, 6.07) is 8.69. The quantitative estimate of drug-likeness (QED) is 0.574. The summed E-state index contributed by atoms with van der Waals surface area (Å²) in [4.78, 5) is 11.6. The average molecular weight is 216 g/mol. The molecule has 0 aliphatic heterocycles. The summed E-state index contributed by atoms with van der Waals surface area (Å²) in [5, 5.41) is 2.76. The maximum atomic E-state index is 11.6. The van der Waals surface area contributed by atoms with Crippen LogP contribution in [0.4, 0.5) is 0 Å². The summed E-state index contributed by atoms with van der Waals surface area (Å²) in [5.41, 5.74) is 6.62. The van der Waals surface area contributed by atoms with Crippen LogP contribution in [-0.4, -0.2) is 12.5 Å². The Kier molecular flexibility index (Phi) is 5.10. The van der Waals surface area contributed by atoms with Crippen LogP contribution in [0.3, 0.4) is 0 Å². The molecule has 0 bridgehead atoms. The van der Waals surface area contributed by atoms with Crippen LogP contribution < -0.4 is 11.1 Å². The topological polar surface area (TPSA) is 55.1 Å². The minimum absolute atomic E-state index is 0.164. The molecule has 0 radical (unpaired) electrons. The number of rotatable bonds is 5. The van der Waals surface area contributed by atoms with E-state index >= 15 is 0 Å². The van der Waals surface area contributed by atoms with Crippen molar-refractivity contribution in [2.75, 3.05) is 6.54 Å². The fourth-order valence-electron chi connectivity index (χ4n) is 1.32. The first-order valence-corrected chi connectivity index (χ1v) is 5.27. The van der Waals surface area contributed by atoms with Crippen LogP contribution in [0, 0.1) is 12.3 Å². The predicted octanol–water partition coefficient (Wildman–Crippen LogP) is 1.22. The van der Waals surface area contributed by atoms with Gasteiger partial charge in [-0.3, -0.25) is 4.79 Å². The van der Waals surface area contributed by atoms with Gasteiger partial charge in [0.05, 0.1) is 0 Å². The molecule has 0 aliphatic carbocycles. The van der Waals surface area contributed by atoms with Crippen molar-refractivity contribution in [3.63, 3.8) is 0 Å². The third kappa shape index (κ3) is 3.76. The molecule has 0 aliphatic rings. The van der Waals surface area contributed by atoms with Crippen LogP contribution in [0.15, 0.2) is 30.3 Å². The molecule has 1 aromatic rings. The summed E-state index contributed by atoms with van der Waals surface area (Å²) in [6.45, 7) is 0.573. The summed E-state index contributed by atoms with van der Waals surface area (Å²) in [7, 11) is 0. The van der Waals surface area contributed by atoms with Crippen LogP contribution in [0.25, 0.3) is 0 Å². The lowest BCUT2D eigenvalue weighted by Crippen LogP contribution is -2.34. The number of nitrogens with two attached hydrogens (primary N) is 1. The van der Waals surface area contributed by atoms with Crippen molar-refractivity contribution in [3.05, 3.63) is 35.9 Å². The Morgan fingerprint density at radius 3 is 2.75 bits per heavy atom. The predicted molar refractivity (Wildman–Crippen MR) is 64.4 cm³/mol. The Bertz CT molecular complexity index is 367. The Morgan fingerprint density at radius 1 is 1.44 bits per heavy atom. The Labute approximate surface area is 96.0 Å². The fraction of sp³-hybridized carbons (Fsp3) is 0.308. The fourth-order valence-corrected chi connectivity index (χ4v) is 1.32. The molecule has 84 valence electrons. The number of benzene rings is 1. The van der Waals surface area contributed by atoms with Gasteiger partial charge in [-0.2, -0.15) is 0 Å². The summed E-state index contributed by atoms with van der Waals surface area (Å²) in [5.74, 6) is 2.36. The molecule has 1 aromatic carbocycles. The number of terminal acetylenes is 1. The van der Waals surface area contributed by atoms with E-state index in [1.165, 1.54) is 0 Å². The summed E-state index contributed by atoms with van der Waals surface area (Å²) < 4.78 is 0. The lowest BCUT2D eigenvalue weighted by Gasteiger charge is -2.11. The van der Waals surface area contributed by atoms with Crippen LogP contribution in [0.5, 0.6) is 0 Å². The van der Waals surface area contributed by atoms with Crippen molar-refractivity contribution >= 4 is 5.91 Å². The van der Waals surface area contributed by atoms with Gasteiger partial charge in [0.1, 0.15) is 6.04 Å². The van der Waals surface area contributed by atoms with Gasteiger partial charge < -0.3 is 11.1 Å².